The lowest BCUT2D eigenvalue weighted by atomic mass is 10.2. The van der Waals surface area contributed by atoms with Gasteiger partial charge in [-0.25, -0.2) is 17.7 Å². The molecule has 2 aromatic rings. The van der Waals surface area contributed by atoms with Gasteiger partial charge in [-0.2, -0.15) is 0 Å². The zero-order valence-corrected chi connectivity index (χ0v) is 20.3. The summed E-state index contributed by atoms with van der Waals surface area (Å²) in [5.74, 6) is 0.00545. The average molecular weight is 478 g/mol. The van der Waals surface area contributed by atoms with Crippen LogP contribution >= 0.6 is 0 Å². The van der Waals surface area contributed by atoms with Crippen molar-refractivity contribution >= 4 is 21.8 Å². The van der Waals surface area contributed by atoms with Crippen LogP contribution in [-0.4, -0.2) is 87.1 Å². The molecule has 2 heterocycles. The van der Waals surface area contributed by atoms with Crippen molar-refractivity contribution in [2.24, 2.45) is 0 Å². The molecule has 0 bridgehead atoms. The van der Waals surface area contributed by atoms with Crippen molar-refractivity contribution in [1.29, 1.82) is 0 Å². The molecular weight excluding hydrogens is 446 g/mol. The molecule has 180 valence electrons. The predicted octanol–water partition coefficient (Wildman–Crippen LogP) is 0.730. The fourth-order valence-corrected chi connectivity index (χ4v) is 4.42. The van der Waals surface area contributed by atoms with Gasteiger partial charge in [0, 0.05) is 58.6 Å². The minimum Gasteiger partial charge on any atom is -0.466 e. The summed E-state index contributed by atoms with van der Waals surface area (Å²) in [5.41, 5.74) is 0.817. The first-order chi connectivity index (χ1) is 15.6. The number of rotatable bonds is 8. The van der Waals surface area contributed by atoms with Crippen molar-refractivity contribution in [3.63, 3.8) is 0 Å². The van der Waals surface area contributed by atoms with Gasteiger partial charge in [-0.3, -0.25) is 14.2 Å². The Bertz CT molecular complexity index is 1140. The molecule has 1 aromatic heterocycles. The lowest BCUT2D eigenvalue weighted by Gasteiger charge is -2.33. The summed E-state index contributed by atoms with van der Waals surface area (Å²) in [6, 6.07) is 6.15. The van der Waals surface area contributed by atoms with Crippen molar-refractivity contribution in [3.05, 3.63) is 46.5 Å². The van der Waals surface area contributed by atoms with E-state index in [1.54, 1.807) is 25.3 Å². The van der Waals surface area contributed by atoms with Gasteiger partial charge in [-0.05, 0) is 38.2 Å². The van der Waals surface area contributed by atoms with Gasteiger partial charge < -0.3 is 14.5 Å². The van der Waals surface area contributed by atoms with Crippen molar-refractivity contribution in [1.82, 2.24) is 18.8 Å². The third kappa shape index (κ3) is 5.79. The first kappa shape index (κ1) is 24.9. The predicted molar refractivity (Wildman–Crippen MR) is 125 cm³/mol. The van der Waals surface area contributed by atoms with Gasteiger partial charge in [0.05, 0.1) is 23.6 Å². The second-order valence-electron chi connectivity index (χ2n) is 8.11. The summed E-state index contributed by atoms with van der Waals surface area (Å²) in [7, 11) is 1.38. The number of benzene rings is 1. The van der Waals surface area contributed by atoms with Gasteiger partial charge in [0.15, 0.2) is 5.82 Å². The highest BCUT2D eigenvalue weighted by molar-refractivity contribution is 7.89. The minimum atomic E-state index is -3.58. The van der Waals surface area contributed by atoms with Crippen LogP contribution in [0.4, 0.5) is 5.82 Å². The second-order valence-corrected chi connectivity index (χ2v) is 10.3. The number of ether oxygens (including phenoxy) is 1. The highest BCUT2D eigenvalue weighted by Crippen LogP contribution is 2.18. The Morgan fingerprint density at radius 2 is 1.76 bits per heavy atom. The fourth-order valence-electron chi connectivity index (χ4n) is 3.52. The van der Waals surface area contributed by atoms with Gasteiger partial charge in [-0.15, -0.1) is 0 Å². The van der Waals surface area contributed by atoms with Gasteiger partial charge in [0.2, 0.25) is 10.0 Å². The molecule has 0 saturated carbocycles. The average Bonchev–Trinajstić information content (AvgIpc) is 2.79. The summed E-state index contributed by atoms with van der Waals surface area (Å²) in [5, 5.41) is 0. The number of hydrogen-bond acceptors (Lipinski definition) is 8. The Labute approximate surface area is 194 Å². The monoisotopic (exact) mass is 477 g/mol. The number of likely N-dealkylation sites (N-methyl/N-ethyl adjacent to an activating group) is 1. The maximum Gasteiger partial charge on any atom is 0.306 e. The minimum absolute atomic E-state index is 0.139. The Kier molecular flexibility index (Phi) is 7.88. The molecule has 0 unspecified atom stereocenters. The largest absolute Gasteiger partial charge is 0.466 e. The molecule has 0 amide bonds. The number of esters is 1. The van der Waals surface area contributed by atoms with Gasteiger partial charge >= 0.3 is 5.97 Å². The molecule has 0 N–H and O–H groups in total. The van der Waals surface area contributed by atoms with E-state index in [9.17, 15) is 18.0 Å². The molecule has 0 aliphatic carbocycles. The number of carbonyl (C=O) groups is 1. The van der Waals surface area contributed by atoms with Crippen molar-refractivity contribution in [2.45, 2.75) is 24.7 Å². The molecular formula is C22H31N5O5S. The summed E-state index contributed by atoms with van der Waals surface area (Å²) in [6.45, 7) is 5.01. The fraction of sp³-hybridized carbons (Fsp3) is 0.500. The molecule has 1 aliphatic heterocycles. The van der Waals surface area contributed by atoms with Crippen LogP contribution in [0.25, 0.3) is 5.69 Å². The maximum atomic E-state index is 13.4. The van der Waals surface area contributed by atoms with Crippen LogP contribution in [-0.2, 0) is 26.0 Å². The molecule has 3 rings (SSSR count). The molecule has 11 heteroatoms. The molecule has 0 radical (unpaired) electrons. The van der Waals surface area contributed by atoms with Crippen molar-refractivity contribution in [2.75, 3.05) is 58.8 Å². The van der Waals surface area contributed by atoms with Crippen LogP contribution in [0.3, 0.4) is 0 Å². The second kappa shape index (κ2) is 10.4. The highest BCUT2D eigenvalue weighted by atomic mass is 32.2. The third-order valence-corrected chi connectivity index (χ3v) is 7.35. The van der Waals surface area contributed by atoms with E-state index in [-0.39, 0.29) is 22.8 Å². The number of hydrogen-bond donors (Lipinski definition) is 0. The Morgan fingerprint density at radius 1 is 1.12 bits per heavy atom. The number of aromatic nitrogens is 2. The summed E-state index contributed by atoms with van der Waals surface area (Å²) >= 11 is 0. The maximum absolute atomic E-state index is 13.4. The lowest BCUT2D eigenvalue weighted by Crippen LogP contribution is -2.47. The van der Waals surface area contributed by atoms with Gasteiger partial charge in [0.25, 0.3) is 5.56 Å². The topological polar surface area (TPSA) is 105 Å². The number of nitrogens with zero attached hydrogens (tertiary/aromatic N) is 5. The summed E-state index contributed by atoms with van der Waals surface area (Å²) in [4.78, 5) is 34.1. The van der Waals surface area contributed by atoms with Crippen LogP contribution in [0.5, 0.6) is 0 Å². The summed E-state index contributed by atoms with van der Waals surface area (Å²) < 4.78 is 32.4. The van der Waals surface area contributed by atoms with Crippen molar-refractivity contribution in [3.8, 4) is 5.69 Å². The van der Waals surface area contributed by atoms with Gasteiger partial charge in [0.1, 0.15) is 0 Å². The standard InChI is InChI=1S/C22H31N5O5S/c1-5-32-20(28)11-6-17-16-27(18-7-9-19(10-8-18)33(30,31)24(2)3)22(29)21(23-17)26-14-12-25(4)13-15-26/h7-10,16H,5-6,11-15H2,1-4H3. The van der Waals surface area contributed by atoms with E-state index in [2.05, 4.69) is 9.88 Å². The Hall–Kier alpha value is -2.76. The number of sulfonamides is 1. The zero-order chi connectivity index (χ0) is 24.2. The van der Waals surface area contributed by atoms with E-state index in [4.69, 9.17) is 4.74 Å². The Morgan fingerprint density at radius 3 is 2.33 bits per heavy atom. The summed E-state index contributed by atoms with van der Waals surface area (Å²) in [6.07, 6.45) is 2.09. The van der Waals surface area contributed by atoms with E-state index in [0.29, 0.717) is 43.3 Å². The molecule has 1 aliphatic rings. The molecule has 1 fully saturated rings. The van der Waals surface area contributed by atoms with Crippen LogP contribution < -0.4 is 10.5 Å². The first-order valence-corrected chi connectivity index (χ1v) is 12.3. The van der Waals surface area contributed by atoms with E-state index in [0.717, 1.165) is 17.4 Å². The molecule has 1 aromatic carbocycles. The lowest BCUT2D eigenvalue weighted by molar-refractivity contribution is -0.143. The smallest absolute Gasteiger partial charge is 0.306 e. The van der Waals surface area contributed by atoms with Crippen LogP contribution in [0, 0.1) is 0 Å². The SMILES string of the molecule is CCOC(=O)CCc1cn(-c2ccc(S(=O)(=O)N(C)C)cc2)c(=O)c(N2CCN(C)CC2)n1. The zero-order valence-electron chi connectivity index (χ0n) is 19.5. The quantitative estimate of drug-likeness (QED) is 0.513. The van der Waals surface area contributed by atoms with Crippen LogP contribution in [0.15, 0.2) is 40.2 Å². The van der Waals surface area contributed by atoms with Crippen molar-refractivity contribution < 1.29 is 17.9 Å². The molecule has 0 spiro atoms. The normalized spacial score (nSPS) is 15.1. The number of anilines is 1. The molecule has 33 heavy (non-hydrogen) atoms. The third-order valence-electron chi connectivity index (χ3n) is 5.52. The number of carbonyl (C=O) groups excluding carboxylic acids is 1. The molecule has 0 atom stereocenters. The van der Waals surface area contributed by atoms with E-state index >= 15 is 0 Å². The Balaban J connectivity index is 2.00. The highest BCUT2D eigenvalue weighted by Gasteiger charge is 2.22. The molecule has 1 saturated heterocycles. The number of aryl methyl sites for hydroxylation is 1. The van der Waals surface area contributed by atoms with Crippen LogP contribution in [0.1, 0.15) is 19.0 Å². The van der Waals surface area contributed by atoms with E-state index in [1.165, 1.54) is 30.8 Å². The van der Waals surface area contributed by atoms with Gasteiger partial charge in [-0.1, -0.05) is 0 Å². The van der Waals surface area contributed by atoms with E-state index < -0.39 is 10.0 Å². The van der Waals surface area contributed by atoms with E-state index in [1.807, 2.05) is 11.9 Å². The first-order valence-electron chi connectivity index (χ1n) is 10.9. The van der Waals surface area contributed by atoms with Crippen LogP contribution in [0.2, 0.25) is 0 Å². The number of piperazine rings is 1. The molecule has 10 nitrogen and oxygen atoms in total.